The van der Waals surface area contributed by atoms with Crippen LogP contribution in [0.1, 0.15) is 5.56 Å². The molecule has 0 bridgehead atoms. The van der Waals surface area contributed by atoms with Gasteiger partial charge in [-0.1, -0.05) is 12.1 Å². The third-order valence-electron chi connectivity index (χ3n) is 1.37. The minimum absolute atomic E-state index is 0.310. The largest absolute Gasteiger partial charge is 0.205 e. The molecule has 0 saturated heterocycles. The quantitative estimate of drug-likeness (QED) is 0.514. The van der Waals surface area contributed by atoms with Crippen LogP contribution in [0.2, 0.25) is 0 Å². The Morgan fingerprint density at radius 1 is 1.30 bits per heavy atom. The summed E-state index contributed by atoms with van der Waals surface area (Å²) in [5, 5.41) is 3.57. The molecular formula is C7H4FN2. The van der Waals surface area contributed by atoms with Gasteiger partial charge in [0.2, 0.25) is 0 Å². The van der Waals surface area contributed by atoms with Crippen LogP contribution in [-0.4, -0.2) is 6.21 Å². The number of hydrogen-bond acceptors (Lipinski definition) is 1. The van der Waals surface area contributed by atoms with Crippen molar-refractivity contribution in [2.45, 2.75) is 0 Å². The molecule has 1 aliphatic rings. The van der Waals surface area contributed by atoms with Gasteiger partial charge in [-0.25, -0.2) is 4.39 Å². The van der Waals surface area contributed by atoms with Crippen molar-refractivity contribution in [3.8, 4) is 0 Å². The molecule has 0 fully saturated rings. The van der Waals surface area contributed by atoms with Crippen LogP contribution in [0, 0.1) is 5.82 Å². The highest BCUT2D eigenvalue weighted by molar-refractivity contribution is 5.89. The van der Waals surface area contributed by atoms with Crippen molar-refractivity contribution in [2.75, 3.05) is 0 Å². The zero-order chi connectivity index (χ0) is 6.97. The van der Waals surface area contributed by atoms with Crippen molar-refractivity contribution >= 4 is 11.9 Å². The van der Waals surface area contributed by atoms with Gasteiger partial charge in [-0.15, -0.1) is 5.43 Å². The van der Waals surface area contributed by atoms with E-state index in [1.165, 1.54) is 6.07 Å². The number of rotatable bonds is 0. The van der Waals surface area contributed by atoms with Gasteiger partial charge in [0.15, 0.2) is 5.82 Å². The summed E-state index contributed by atoms with van der Waals surface area (Å²) in [6, 6.07) is 4.79. The van der Waals surface area contributed by atoms with Gasteiger partial charge in [-0.05, 0) is 6.07 Å². The SMILES string of the molecule is Fc1cccc2c1[N]N=C2. The molecule has 0 saturated carbocycles. The summed E-state index contributed by atoms with van der Waals surface area (Å²) in [6.07, 6.45) is 1.54. The van der Waals surface area contributed by atoms with E-state index in [1.807, 2.05) is 0 Å². The zero-order valence-corrected chi connectivity index (χ0v) is 5.08. The van der Waals surface area contributed by atoms with Crippen LogP contribution < -0.4 is 5.43 Å². The van der Waals surface area contributed by atoms with Gasteiger partial charge in [-0.2, -0.15) is 5.10 Å². The molecule has 0 aromatic heterocycles. The van der Waals surface area contributed by atoms with E-state index in [-0.39, 0.29) is 5.82 Å². The van der Waals surface area contributed by atoms with E-state index in [1.54, 1.807) is 18.3 Å². The molecule has 0 aliphatic carbocycles. The fourth-order valence-electron chi connectivity index (χ4n) is 0.890. The topological polar surface area (TPSA) is 26.5 Å². The molecule has 1 radical (unpaired) electrons. The lowest BCUT2D eigenvalue weighted by atomic mass is 10.2. The van der Waals surface area contributed by atoms with Crippen molar-refractivity contribution < 1.29 is 4.39 Å². The minimum atomic E-state index is -0.310. The van der Waals surface area contributed by atoms with Crippen molar-refractivity contribution in [1.82, 2.24) is 5.43 Å². The highest BCUT2D eigenvalue weighted by Gasteiger charge is 2.11. The van der Waals surface area contributed by atoms with Crippen molar-refractivity contribution in [3.63, 3.8) is 0 Å². The predicted molar refractivity (Wildman–Crippen MR) is 35.8 cm³/mol. The summed E-state index contributed by atoms with van der Waals surface area (Å²) < 4.78 is 12.7. The predicted octanol–water partition coefficient (Wildman–Crippen LogP) is 1.41. The normalized spacial score (nSPS) is 12.9. The summed E-state index contributed by atoms with van der Waals surface area (Å²) in [6.45, 7) is 0. The first-order valence-corrected chi connectivity index (χ1v) is 2.90. The number of fused-ring (bicyclic) bond motifs is 1. The number of hydrogen-bond donors (Lipinski definition) is 0. The Morgan fingerprint density at radius 2 is 2.20 bits per heavy atom. The summed E-state index contributed by atoms with van der Waals surface area (Å²) >= 11 is 0. The highest BCUT2D eigenvalue weighted by atomic mass is 19.1. The Hall–Kier alpha value is -1.38. The molecule has 1 aromatic carbocycles. The number of nitrogens with zero attached hydrogens (tertiary/aromatic N) is 2. The van der Waals surface area contributed by atoms with Crippen molar-refractivity contribution in [1.29, 1.82) is 0 Å². The summed E-state index contributed by atoms with van der Waals surface area (Å²) in [5.74, 6) is -0.310. The monoisotopic (exact) mass is 135 g/mol. The van der Waals surface area contributed by atoms with Gasteiger partial charge in [0.05, 0.1) is 6.21 Å². The van der Waals surface area contributed by atoms with Gasteiger partial charge in [0.1, 0.15) is 5.69 Å². The van der Waals surface area contributed by atoms with Crippen LogP contribution in [0.5, 0.6) is 0 Å². The van der Waals surface area contributed by atoms with Gasteiger partial charge in [-0.3, -0.25) is 0 Å². The Balaban J connectivity index is 2.66. The van der Waals surface area contributed by atoms with Crippen LogP contribution in [0.15, 0.2) is 23.3 Å². The molecular weight excluding hydrogens is 131 g/mol. The first-order valence-electron chi connectivity index (χ1n) is 2.90. The summed E-state index contributed by atoms with van der Waals surface area (Å²) in [5.41, 5.74) is 4.69. The Morgan fingerprint density at radius 3 is 3.00 bits per heavy atom. The van der Waals surface area contributed by atoms with E-state index in [2.05, 4.69) is 10.5 Å². The lowest BCUT2D eigenvalue weighted by Crippen LogP contribution is -1.86. The first kappa shape index (κ1) is 5.41. The second-order valence-electron chi connectivity index (χ2n) is 2.02. The molecule has 49 valence electrons. The fourth-order valence-corrected chi connectivity index (χ4v) is 0.890. The third kappa shape index (κ3) is 0.603. The van der Waals surface area contributed by atoms with Crippen LogP contribution in [0.25, 0.3) is 0 Å². The molecule has 1 heterocycles. The van der Waals surface area contributed by atoms with Crippen LogP contribution in [0.3, 0.4) is 0 Å². The van der Waals surface area contributed by atoms with E-state index in [0.717, 1.165) is 5.56 Å². The molecule has 0 unspecified atom stereocenters. The van der Waals surface area contributed by atoms with Crippen LogP contribution >= 0.6 is 0 Å². The molecule has 2 nitrogen and oxygen atoms in total. The molecule has 0 spiro atoms. The number of halogens is 1. The van der Waals surface area contributed by atoms with Gasteiger partial charge < -0.3 is 0 Å². The van der Waals surface area contributed by atoms with Gasteiger partial charge in [0, 0.05) is 5.56 Å². The lowest BCUT2D eigenvalue weighted by molar-refractivity contribution is 0.621. The minimum Gasteiger partial charge on any atom is -0.205 e. The zero-order valence-electron chi connectivity index (χ0n) is 5.08. The highest BCUT2D eigenvalue weighted by Crippen LogP contribution is 2.21. The van der Waals surface area contributed by atoms with E-state index < -0.39 is 0 Å². The molecule has 3 heteroatoms. The molecule has 1 aromatic rings. The van der Waals surface area contributed by atoms with E-state index in [9.17, 15) is 4.39 Å². The third-order valence-corrected chi connectivity index (χ3v) is 1.37. The van der Waals surface area contributed by atoms with E-state index in [0.29, 0.717) is 5.69 Å². The smallest absolute Gasteiger partial charge is 0.151 e. The Bertz CT molecular complexity index is 294. The molecule has 0 amide bonds. The maximum atomic E-state index is 12.7. The average molecular weight is 135 g/mol. The second kappa shape index (κ2) is 1.80. The van der Waals surface area contributed by atoms with Gasteiger partial charge >= 0.3 is 0 Å². The lowest BCUT2D eigenvalue weighted by Gasteiger charge is -1.94. The van der Waals surface area contributed by atoms with Crippen LogP contribution in [0.4, 0.5) is 10.1 Å². The number of benzene rings is 1. The van der Waals surface area contributed by atoms with Gasteiger partial charge in [0.25, 0.3) is 0 Å². The molecule has 0 atom stereocenters. The average Bonchev–Trinajstić information content (AvgIpc) is 2.36. The molecule has 2 rings (SSSR count). The Labute approximate surface area is 57.4 Å². The summed E-state index contributed by atoms with van der Waals surface area (Å²) in [7, 11) is 0. The van der Waals surface area contributed by atoms with Crippen LogP contribution in [-0.2, 0) is 0 Å². The molecule has 1 aliphatic heterocycles. The second-order valence-corrected chi connectivity index (χ2v) is 2.02. The first-order chi connectivity index (χ1) is 4.88. The standard InChI is InChI=1S/C7H4FN2/c8-6-3-1-2-5-4-9-10-7(5)6/h1-4H. The maximum Gasteiger partial charge on any atom is 0.151 e. The molecule has 10 heavy (non-hydrogen) atoms. The van der Waals surface area contributed by atoms with Crippen molar-refractivity contribution in [3.05, 3.63) is 29.6 Å². The molecule has 0 N–H and O–H groups in total. The Kier molecular flexibility index (Phi) is 0.974. The maximum absolute atomic E-state index is 12.7. The fraction of sp³-hybridized carbons (Fsp3) is 0. The van der Waals surface area contributed by atoms with E-state index >= 15 is 0 Å². The van der Waals surface area contributed by atoms with Crippen molar-refractivity contribution in [2.24, 2.45) is 5.10 Å². The summed E-state index contributed by atoms with van der Waals surface area (Å²) in [4.78, 5) is 0. The van der Waals surface area contributed by atoms with E-state index in [4.69, 9.17) is 0 Å².